The average molecular weight is 246 g/mol. The average Bonchev–Trinajstić information content (AvgIpc) is 2.36. The molecule has 1 fully saturated rings. The van der Waals surface area contributed by atoms with Gasteiger partial charge in [0.15, 0.2) is 0 Å². The molecule has 1 aliphatic rings. The summed E-state index contributed by atoms with van der Waals surface area (Å²) in [5.74, 6) is 1.42. The quantitative estimate of drug-likeness (QED) is 0.863. The molecule has 1 heterocycles. The number of aryl methyl sites for hydroxylation is 1. The zero-order chi connectivity index (χ0) is 13.0. The first-order valence-corrected chi connectivity index (χ1v) is 7.23. The van der Waals surface area contributed by atoms with Crippen LogP contribution in [0.5, 0.6) is 0 Å². The molecule has 1 saturated heterocycles. The van der Waals surface area contributed by atoms with Gasteiger partial charge < -0.3 is 10.2 Å². The lowest BCUT2D eigenvalue weighted by Gasteiger charge is -2.33. The van der Waals surface area contributed by atoms with E-state index in [1.165, 1.54) is 11.3 Å². The van der Waals surface area contributed by atoms with Gasteiger partial charge in [-0.3, -0.25) is 0 Å². The first kappa shape index (κ1) is 13.4. The van der Waals surface area contributed by atoms with E-state index in [1.807, 2.05) is 0 Å². The summed E-state index contributed by atoms with van der Waals surface area (Å²) >= 11 is 0. The van der Waals surface area contributed by atoms with Crippen molar-refractivity contribution >= 4 is 5.69 Å². The lowest BCUT2D eigenvalue weighted by molar-refractivity contribution is 0.410. The van der Waals surface area contributed by atoms with Crippen LogP contribution in [0.1, 0.15) is 26.3 Å². The minimum Gasteiger partial charge on any atom is -0.371 e. The number of hydrogen-bond acceptors (Lipinski definition) is 2. The molecule has 0 saturated carbocycles. The zero-order valence-corrected chi connectivity index (χ0v) is 11.9. The highest BCUT2D eigenvalue weighted by molar-refractivity contribution is 5.48. The van der Waals surface area contributed by atoms with Gasteiger partial charge in [-0.25, -0.2) is 0 Å². The maximum atomic E-state index is 3.55. The molecular weight excluding hydrogens is 220 g/mol. The van der Waals surface area contributed by atoms with Gasteiger partial charge in [0.05, 0.1) is 0 Å². The normalized spacial score (nSPS) is 25.6. The van der Waals surface area contributed by atoms with Gasteiger partial charge in [-0.2, -0.15) is 0 Å². The summed E-state index contributed by atoms with van der Waals surface area (Å²) in [5, 5.41) is 3.55. The minimum atomic E-state index is 0.711. The van der Waals surface area contributed by atoms with Crippen LogP contribution < -0.4 is 10.2 Å². The summed E-state index contributed by atoms with van der Waals surface area (Å²) in [4.78, 5) is 2.56. The third kappa shape index (κ3) is 3.49. The van der Waals surface area contributed by atoms with Crippen LogP contribution in [0.25, 0.3) is 0 Å². The van der Waals surface area contributed by atoms with Crippen LogP contribution in [0.2, 0.25) is 0 Å². The standard InChI is InChI=1S/C16H26N2/c1-4-15-6-5-7-16(8-15)18-11-13(2)9-17-10-14(3)12-18/h5-8,13-14,17H,4,9-12H2,1-3H3. The molecular formula is C16H26N2. The monoisotopic (exact) mass is 246 g/mol. The third-order valence-electron chi connectivity index (χ3n) is 3.73. The Kier molecular flexibility index (Phi) is 4.65. The molecule has 2 unspecified atom stereocenters. The van der Waals surface area contributed by atoms with Crippen LogP contribution in [0, 0.1) is 11.8 Å². The second kappa shape index (κ2) is 6.24. The first-order valence-electron chi connectivity index (χ1n) is 7.23. The fraction of sp³-hybridized carbons (Fsp3) is 0.625. The van der Waals surface area contributed by atoms with Crippen LogP contribution in [0.3, 0.4) is 0 Å². The lowest BCUT2D eigenvalue weighted by Crippen LogP contribution is -2.42. The number of nitrogens with zero attached hydrogens (tertiary/aromatic N) is 1. The van der Waals surface area contributed by atoms with Crippen molar-refractivity contribution in [2.75, 3.05) is 31.1 Å². The van der Waals surface area contributed by atoms with E-state index in [0.29, 0.717) is 11.8 Å². The van der Waals surface area contributed by atoms with Crippen LogP contribution >= 0.6 is 0 Å². The van der Waals surface area contributed by atoms with Crippen molar-refractivity contribution in [3.63, 3.8) is 0 Å². The van der Waals surface area contributed by atoms with E-state index < -0.39 is 0 Å². The fourth-order valence-corrected chi connectivity index (χ4v) is 2.72. The predicted octanol–water partition coefficient (Wildman–Crippen LogP) is 2.93. The van der Waals surface area contributed by atoms with Gasteiger partial charge in [-0.1, -0.05) is 32.9 Å². The third-order valence-corrected chi connectivity index (χ3v) is 3.73. The van der Waals surface area contributed by atoms with Gasteiger partial charge in [0.25, 0.3) is 0 Å². The molecule has 2 nitrogen and oxygen atoms in total. The Hall–Kier alpha value is -1.02. The van der Waals surface area contributed by atoms with Crippen LogP contribution in [0.4, 0.5) is 5.69 Å². The molecule has 0 aliphatic carbocycles. The first-order chi connectivity index (χ1) is 8.69. The summed E-state index contributed by atoms with van der Waals surface area (Å²) in [5.41, 5.74) is 2.84. The molecule has 1 N–H and O–H groups in total. The number of hydrogen-bond donors (Lipinski definition) is 1. The van der Waals surface area contributed by atoms with Crippen molar-refractivity contribution in [2.45, 2.75) is 27.2 Å². The molecule has 2 atom stereocenters. The van der Waals surface area contributed by atoms with Crippen molar-refractivity contribution in [2.24, 2.45) is 11.8 Å². The van der Waals surface area contributed by atoms with E-state index in [-0.39, 0.29) is 0 Å². The molecule has 1 aromatic carbocycles. The predicted molar refractivity (Wildman–Crippen MR) is 79.2 cm³/mol. The smallest absolute Gasteiger partial charge is 0.0369 e. The van der Waals surface area contributed by atoms with E-state index in [1.54, 1.807) is 0 Å². The van der Waals surface area contributed by atoms with Gasteiger partial charge in [0.2, 0.25) is 0 Å². The van der Waals surface area contributed by atoms with E-state index in [2.05, 4.69) is 55.3 Å². The van der Waals surface area contributed by atoms with Crippen LogP contribution in [-0.2, 0) is 6.42 Å². The summed E-state index contributed by atoms with van der Waals surface area (Å²) in [6.07, 6.45) is 1.12. The summed E-state index contributed by atoms with van der Waals surface area (Å²) in [6, 6.07) is 9.03. The van der Waals surface area contributed by atoms with Crippen molar-refractivity contribution in [1.82, 2.24) is 5.32 Å². The summed E-state index contributed by atoms with van der Waals surface area (Å²) in [6.45, 7) is 11.5. The summed E-state index contributed by atoms with van der Waals surface area (Å²) < 4.78 is 0. The second-order valence-corrected chi connectivity index (χ2v) is 5.80. The molecule has 0 bridgehead atoms. The zero-order valence-electron chi connectivity index (χ0n) is 11.9. The van der Waals surface area contributed by atoms with Gasteiger partial charge in [0, 0.05) is 18.8 Å². The maximum Gasteiger partial charge on any atom is 0.0369 e. The molecule has 1 aliphatic heterocycles. The van der Waals surface area contributed by atoms with Gasteiger partial charge in [0.1, 0.15) is 0 Å². The fourth-order valence-electron chi connectivity index (χ4n) is 2.72. The Morgan fingerprint density at radius 3 is 2.44 bits per heavy atom. The van der Waals surface area contributed by atoms with Crippen LogP contribution in [0.15, 0.2) is 24.3 Å². The SMILES string of the molecule is CCc1cccc(N2CC(C)CNCC(C)C2)c1. The van der Waals surface area contributed by atoms with E-state index in [9.17, 15) is 0 Å². The topological polar surface area (TPSA) is 15.3 Å². The largest absolute Gasteiger partial charge is 0.371 e. The molecule has 0 aromatic heterocycles. The minimum absolute atomic E-state index is 0.711. The molecule has 0 amide bonds. The van der Waals surface area contributed by atoms with Gasteiger partial charge >= 0.3 is 0 Å². The van der Waals surface area contributed by atoms with E-state index >= 15 is 0 Å². The Labute approximate surface area is 111 Å². The van der Waals surface area contributed by atoms with Crippen molar-refractivity contribution < 1.29 is 0 Å². The van der Waals surface area contributed by atoms with Crippen LogP contribution in [-0.4, -0.2) is 26.2 Å². The summed E-state index contributed by atoms with van der Waals surface area (Å²) in [7, 11) is 0. The molecule has 2 rings (SSSR count). The highest BCUT2D eigenvalue weighted by Crippen LogP contribution is 2.20. The Bertz CT molecular complexity index is 363. The number of nitrogens with one attached hydrogen (secondary N) is 1. The number of rotatable bonds is 2. The molecule has 1 aromatic rings. The lowest BCUT2D eigenvalue weighted by atomic mass is 10.0. The highest BCUT2D eigenvalue weighted by Gasteiger charge is 2.17. The molecule has 100 valence electrons. The Morgan fingerprint density at radius 2 is 1.83 bits per heavy atom. The van der Waals surface area contributed by atoms with Crippen molar-refractivity contribution in [1.29, 1.82) is 0 Å². The Balaban J connectivity index is 2.16. The molecule has 18 heavy (non-hydrogen) atoms. The number of anilines is 1. The van der Waals surface area contributed by atoms with Crippen molar-refractivity contribution in [3.05, 3.63) is 29.8 Å². The highest BCUT2D eigenvalue weighted by atomic mass is 15.1. The molecule has 2 heteroatoms. The number of benzene rings is 1. The molecule has 0 spiro atoms. The van der Waals surface area contributed by atoms with Crippen molar-refractivity contribution in [3.8, 4) is 0 Å². The maximum absolute atomic E-state index is 3.55. The van der Waals surface area contributed by atoms with E-state index in [0.717, 1.165) is 32.6 Å². The van der Waals surface area contributed by atoms with Gasteiger partial charge in [-0.05, 0) is 49.0 Å². The van der Waals surface area contributed by atoms with Gasteiger partial charge in [-0.15, -0.1) is 0 Å². The van der Waals surface area contributed by atoms with E-state index in [4.69, 9.17) is 0 Å². The molecule has 0 radical (unpaired) electrons. The Morgan fingerprint density at radius 1 is 1.17 bits per heavy atom. The second-order valence-electron chi connectivity index (χ2n) is 5.80.